The molecule has 0 fully saturated rings. The minimum atomic E-state index is -0.142. The highest BCUT2D eigenvalue weighted by atomic mass is 79.9. The first kappa shape index (κ1) is 14.0. The highest BCUT2D eigenvalue weighted by Crippen LogP contribution is 2.25. The Balaban J connectivity index is 1.77. The normalized spacial score (nSPS) is 10.3. The number of aromatic nitrogens is 1. The molecule has 21 heavy (non-hydrogen) atoms. The van der Waals surface area contributed by atoms with E-state index in [1.54, 1.807) is 6.20 Å². The number of thiazole rings is 1. The van der Waals surface area contributed by atoms with Crippen molar-refractivity contribution >= 4 is 38.9 Å². The van der Waals surface area contributed by atoms with E-state index in [-0.39, 0.29) is 5.91 Å². The fourth-order valence-electron chi connectivity index (χ4n) is 1.82. The van der Waals surface area contributed by atoms with Crippen LogP contribution in [-0.4, -0.2) is 10.9 Å². The molecule has 1 N–H and O–H groups in total. The summed E-state index contributed by atoms with van der Waals surface area (Å²) in [5.74, 6) is -0.142. The summed E-state index contributed by atoms with van der Waals surface area (Å²) < 4.78 is 0.977. The summed E-state index contributed by atoms with van der Waals surface area (Å²) in [6.07, 6.45) is 1.61. The van der Waals surface area contributed by atoms with Gasteiger partial charge in [0.25, 0.3) is 5.91 Å². The van der Waals surface area contributed by atoms with E-state index in [4.69, 9.17) is 0 Å². The highest BCUT2D eigenvalue weighted by Gasteiger charge is 2.11. The first-order valence-corrected chi connectivity index (χ1v) is 7.91. The number of benzene rings is 2. The van der Waals surface area contributed by atoms with Crippen molar-refractivity contribution < 1.29 is 4.79 Å². The Bertz CT molecular complexity index is 753. The van der Waals surface area contributed by atoms with Gasteiger partial charge in [0.2, 0.25) is 0 Å². The largest absolute Gasteiger partial charge is 0.321 e. The van der Waals surface area contributed by atoms with Gasteiger partial charge in [-0.2, -0.15) is 0 Å². The summed E-state index contributed by atoms with van der Waals surface area (Å²) >= 11 is 4.75. The number of carbonyl (C=O) groups is 1. The monoisotopic (exact) mass is 358 g/mol. The highest BCUT2D eigenvalue weighted by molar-refractivity contribution is 9.10. The lowest BCUT2D eigenvalue weighted by molar-refractivity contribution is 0.103. The van der Waals surface area contributed by atoms with Crippen LogP contribution < -0.4 is 5.32 Å². The Morgan fingerprint density at radius 3 is 2.48 bits per heavy atom. The van der Waals surface area contributed by atoms with Crippen LogP contribution >= 0.6 is 27.3 Å². The number of anilines is 1. The summed E-state index contributed by atoms with van der Waals surface area (Å²) in [7, 11) is 0. The molecule has 0 saturated carbocycles. The van der Waals surface area contributed by atoms with Crippen LogP contribution in [0.4, 0.5) is 5.69 Å². The van der Waals surface area contributed by atoms with Crippen LogP contribution in [0.1, 0.15) is 9.67 Å². The van der Waals surface area contributed by atoms with Crippen LogP contribution in [-0.2, 0) is 0 Å². The zero-order valence-corrected chi connectivity index (χ0v) is 13.3. The second kappa shape index (κ2) is 6.20. The minimum Gasteiger partial charge on any atom is -0.321 e. The second-order valence-electron chi connectivity index (χ2n) is 4.36. The molecule has 3 aromatic rings. The Labute approximate surface area is 134 Å². The number of hydrogen-bond donors (Lipinski definition) is 1. The molecule has 2 aromatic carbocycles. The lowest BCUT2D eigenvalue weighted by Crippen LogP contribution is -2.09. The molecule has 1 aromatic heterocycles. The number of rotatable bonds is 3. The van der Waals surface area contributed by atoms with Crippen LogP contribution in [0.2, 0.25) is 0 Å². The summed E-state index contributed by atoms with van der Waals surface area (Å²) in [6.45, 7) is 0. The molecule has 0 aliphatic heterocycles. The second-order valence-corrected chi connectivity index (χ2v) is 6.30. The Morgan fingerprint density at radius 1 is 1.05 bits per heavy atom. The number of nitrogens with zero attached hydrogens (tertiary/aromatic N) is 1. The average Bonchev–Trinajstić information content (AvgIpc) is 3.00. The standard InChI is InChI=1S/C16H11BrN2OS/c17-12-6-8-13(9-7-12)19-15(20)14-10-18-16(21-14)11-4-2-1-3-5-11/h1-10H,(H,19,20). The predicted octanol–water partition coefficient (Wildman–Crippen LogP) is 4.82. The summed E-state index contributed by atoms with van der Waals surface area (Å²) in [4.78, 5) is 17.1. The van der Waals surface area contributed by atoms with Gasteiger partial charge in [-0.1, -0.05) is 46.3 Å². The van der Waals surface area contributed by atoms with Crippen molar-refractivity contribution in [2.75, 3.05) is 5.32 Å². The Kier molecular flexibility index (Phi) is 4.13. The van der Waals surface area contributed by atoms with Crippen molar-refractivity contribution in [3.8, 4) is 10.6 Å². The third-order valence-corrected chi connectivity index (χ3v) is 4.43. The summed E-state index contributed by atoms with van der Waals surface area (Å²) in [5.41, 5.74) is 1.78. The van der Waals surface area contributed by atoms with E-state index in [1.807, 2.05) is 54.6 Å². The van der Waals surface area contributed by atoms with Crippen LogP contribution in [0.15, 0.2) is 65.3 Å². The SMILES string of the molecule is O=C(Nc1ccc(Br)cc1)c1cnc(-c2ccccc2)s1. The molecule has 0 bridgehead atoms. The van der Waals surface area contributed by atoms with Crippen molar-refractivity contribution in [2.45, 2.75) is 0 Å². The molecule has 0 unspecified atom stereocenters. The van der Waals surface area contributed by atoms with E-state index in [9.17, 15) is 4.79 Å². The van der Waals surface area contributed by atoms with Crippen molar-refractivity contribution in [3.63, 3.8) is 0 Å². The minimum absolute atomic E-state index is 0.142. The number of hydrogen-bond acceptors (Lipinski definition) is 3. The average molecular weight is 359 g/mol. The third kappa shape index (κ3) is 3.37. The molecule has 0 aliphatic rings. The van der Waals surface area contributed by atoms with E-state index in [0.29, 0.717) is 4.88 Å². The molecule has 0 atom stereocenters. The molecule has 0 radical (unpaired) electrons. The first-order valence-electron chi connectivity index (χ1n) is 6.30. The van der Waals surface area contributed by atoms with E-state index in [1.165, 1.54) is 11.3 Å². The molecule has 1 heterocycles. The zero-order valence-electron chi connectivity index (χ0n) is 10.9. The molecular formula is C16H11BrN2OS. The lowest BCUT2D eigenvalue weighted by Gasteiger charge is -2.02. The Morgan fingerprint density at radius 2 is 1.76 bits per heavy atom. The van der Waals surface area contributed by atoms with Crippen LogP contribution in [0.3, 0.4) is 0 Å². The lowest BCUT2D eigenvalue weighted by atomic mass is 10.2. The maximum Gasteiger partial charge on any atom is 0.267 e. The first-order chi connectivity index (χ1) is 10.2. The van der Waals surface area contributed by atoms with Crippen molar-refractivity contribution in [3.05, 3.63) is 70.1 Å². The van der Waals surface area contributed by atoms with Crippen molar-refractivity contribution in [1.82, 2.24) is 4.98 Å². The van der Waals surface area contributed by atoms with Crippen LogP contribution in [0.25, 0.3) is 10.6 Å². The third-order valence-electron chi connectivity index (χ3n) is 2.85. The van der Waals surface area contributed by atoms with E-state index in [0.717, 1.165) is 20.7 Å². The number of amides is 1. The maximum absolute atomic E-state index is 12.2. The topological polar surface area (TPSA) is 42.0 Å². The molecule has 5 heteroatoms. The molecule has 104 valence electrons. The molecular weight excluding hydrogens is 348 g/mol. The number of nitrogens with one attached hydrogen (secondary N) is 1. The van der Waals surface area contributed by atoms with Gasteiger partial charge in [0.15, 0.2) is 0 Å². The maximum atomic E-state index is 12.2. The fraction of sp³-hybridized carbons (Fsp3) is 0. The van der Waals surface area contributed by atoms with Gasteiger partial charge in [0.1, 0.15) is 9.88 Å². The van der Waals surface area contributed by atoms with Crippen LogP contribution in [0, 0.1) is 0 Å². The molecule has 0 spiro atoms. The van der Waals surface area contributed by atoms with Gasteiger partial charge in [-0.15, -0.1) is 11.3 Å². The summed E-state index contributed by atoms with van der Waals surface area (Å²) in [6, 6.07) is 17.3. The fourth-order valence-corrected chi connectivity index (χ4v) is 2.90. The summed E-state index contributed by atoms with van der Waals surface area (Å²) in [5, 5.41) is 3.70. The molecule has 0 saturated heterocycles. The van der Waals surface area contributed by atoms with Gasteiger partial charge in [-0.05, 0) is 24.3 Å². The van der Waals surface area contributed by atoms with Gasteiger partial charge in [0.05, 0.1) is 6.20 Å². The molecule has 1 amide bonds. The number of carbonyl (C=O) groups excluding carboxylic acids is 1. The van der Waals surface area contributed by atoms with E-state index >= 15 is 0 Å². The number of halogens is 1. The molecule has 3 nitrogen and oxygen atoms in total. The zero-order chi connectivity index (χ0) is 14.7. The van der Waals surface area contributed by atoms with Gasteiger partial charge in [-0.3, -0.25) is 4.79 Å². The van der Waals surface area contributed by atoms with Crippen molar-refractivity contribution in [2.24, 2.45) is 0 Å². The quantitative estimate of drug-likeness (QED) is 0.728. The Hall–Kier alpha value is -1.98. The van der Waals surface area contributed by atoms with Crippen LogP contribution in [0.5, 0.6) is 0 Å². The smallest absolute Gasteiger partial charge is 0.267 e. The van der Waals surface area contributed by atoms with Gasteiger partial charge < -0.3 is 5.32 Å². The van der Waals surface area contributed by atoms with Crippen molar-refractivity contribution in [1.29, 1.82) is 0 Å². The van der Waals surface area contributed by atoms with E-state index in [2.05, 4.69) is 26.2 Å². The van der Waals surface area contributed by atoms with E-state index < -0.39 is 0 Å². The van der Waals surface area contributed by atoms with Gasteiger partial charge >= 0.3 is 0 Å². The van der Waals surface area contributed by atoms with Gasteiger partial charge in [-0.25, -0.2) is 4.98 Å². The predicted molar refractivity (Wildman–Crippen MR) is 89.6 cm³/mol. The molecule has 3 rings (SSSR count). The molecule has 0 aliphatic carbocycles. The van der Waals surface area contributed by atoms with Gasteiger partial charge in [0, 0.05) is 15.7 Å².